The van der Waals surface area contributed by atoms with Crippen LogP contribution in [0.5, 0.6) is 0 Å². The molecule has 0 saturated heterocycles. The highest BCUT2D eigenvalue weighted by atomic mass is 16.1. The minimum Gasteiger partial charge on any atom is -0.323 e. The van der Waals surface area contributed by atoms with Crippen molar-refractivity contribution in [1.82, 2.24) is 35.0 Å². The lowest BCUT2D eigenvalue weighted by Crippen LogP contribution is -2.14. The Labute approximate surface area is 146 Å². The highest BCUT2D eigenvalue weighted by Crippen LogP contribution is 2.22. The van der Waals surface area contributed by atoms with Gasteiger partial charge in [0.2, 0.25) is 5.78 Å². The van der Waals surface area contributed by atoms with Crippen LogP contribution in [0.15, 0.2) is 53.3 Å². The molecular weight excluding hydrogens is 330 g/mol. The SMILES string of the molecule is Cc1ccccc1-c1nc2[nH]c(-c3ccc4nn[nH]c4c3)cc(=O)n2n1. The Kier molecular flexibility index (Phi) is 2.99. The van der Waals surface area contributed by atoms with Gasteiger partial charge < -0.3 is 4.98 Å². The number of fused-ring (bicyclic) bond motifs is 2. The molecule has 5 aromatic rings. The lowest BCUT2D eigenvalue weighted by molar-refractivity contribution is 0.903. The third-order valence-electron chi connectivity index (χ3n) is 4.35. The molecule has 5 rings (SSSR count). The van der Waals surface area contributed by atoms with Gasteiger partial charge in [-0.2, -0.15) is 9.50 Å². The molecule has 8 nitrogen and oxygen atoms in total. The monoisotopic (exact) mass is 343 g/mol. The van der Waals surface area contributed by atoms with Gasteiger partial charge in [0.05, 0.1) is 11.2 Å². The zero-order valence-corrected chi connectivity index (χ0v) is 13.8. The zero-order chi connectivity index (χ0) is 17.7. The summed E-state index contributed by atoms with van der Waals surface area (Å²) >= 11 is 0. The third kappa shape index (κ3) is 2.20. The van der Waals surface area contributed by atoms with E-state index in [0.717, 1.165) is 27.7 Å². The second-order valence-electron chi connectivity index (χ2n) is 6.05. The van der Waals surface area contributed by atoms with Gasteiger partial charge in [-0.25, -0.2) is 0 Å². The van der Waals surface area contributed by atoms with Crippen LogP contribution in [0.2, 0.25) is 0 Å². The minimum atomic E-state index is -0.246. The lowest BCUT2D eigenvalue weighted by Gasteiger charge is -2.01. The van der Waals surface area contributed by atoms with Gasteiger partial charge in [-0.15, -0.1) is 10.2 Å². The zero-order valence-electron chi connectivity index (χ0n) is 13.8. The largest absolute Gasteiger partial charge is 0.323 e. The predicted octanol–water partition coefficient (Wildman–Crippen LogP) is 2.33. The molecule has 0 atom stereocenters. The summed E-state index contributed by atoms with van der Waals surface area (Å²) in [4.78, 5) is 20.2. The number of aryl methyl sites for hydroxylation is 1. The molecule has 0 aliphatic heterocycles. The molecule has 0 spiro atoms. The van der Waals surface area contributed by atoms with Crippen LogP contribution in [0.1, 0.15) is 5.56 Å². The number of nitrogens with zero attached hydrogens (tertiary/aromatic N) is 5. The molecule has 0 saturated carbocycles. The van der Waals surface area contributed by atoms with Gasteiger partial charge in [-0.3, -0.25) is 9.89 Å². The Bertz CT molecular complexity index is 1330. The molecule has 0 radical (unpaired) electrons. The van der Waals surface area contributed by atoms with E-state index in [1.54, 1.807) is 0 Å². The van der Waals surface area contributed by atoms with Crippen LogP contribution in [0.25, 0.3) is 39.5 Å². The van der Waals surface area contributed by atoms with E-state index in [-0.39, 0.29) is 5.56 Å². The highest BCUT2D eigenvalue weighted by molar-refractivity contribution is 5.80. The van der Waals surface area contributed by atoms with Gasteiger partial charge in [0.25, 0.3) is 5.56 Å². The summed E-state index contributed by atoms with van der Waals surface area (Å²) in [6.45, 7) is 1.99. The number of aromatic amines is 2. The maximum Gasteiger partial charge on any atom is 0.276 e. The first-order chi connectivity index (χ1) is 12.7. The Balaban J connectivity index is 1.69. The Hall–Kier alpha value is -3.81. The maximum absolute atomic E-state index is 12.5. The number of hydrogen-bond acceptors (Lipinski definition) is 5. The van der Waals surface area contributed by atoms with Gasteiger partial charge in [-0.1, -0.05) is 35.5 Å². The van der Waals surface area contributed by atoms with Crippen LogP contribution in [0.3, 0.4) is 0 Å². The molecule has 0 aliphatic carbocycles. The topological polar surface area (TPSA) is 105 Å². The molecule has 0 amide bonds. The molecule has 0 fully saturated rings. The second kappa shape index (κ2) is 5.35. The van der Waals surface area contributed by atoms with Gasteiger partial charge in [-0.05, 0) is 24.6 Å². The number of H-pyrrole nitrogens is 2. The predicted molar refractivity (Wildman–Crippen MR) is 96.7 cm³/mol. The van der Waals surface area contributed by atoms with Crippen LogP contribution in [-0.2, 0) is 0 Å². The van der Waals surface area contributed by atoms with Crippen molar-refractivity contribution in [3.05, 3.63) is 64.4 Å². The van der Waals surface area contributed by atoms with Gasteiger partial charge in [0, 0.05) is 17.2 Å². The first-order valence-corrected chi connectivity index (χ1v) is 8.06. The molecule has 26 heavy (non-hydrogen) atoms. The van der Waals surface area contributed by atoms with E-state index in [1.807, 2.05) is 49.4 Å². The summed E-state index contributed by atoms with van der Waals surface area (Å²) in [6, 6.07) is 14.9. The van der Waals surface area contributed by atoms with Crippen molar-refractivity contribution in [2.45, 2.75) is 6.92 Å². The summed E-state index contributed by atoms with van der Waals surface area (Å²) in [6.07, 6.45) is 0. The highest BCUT2D eigenvalue weighted by Gasteiger charge is 2.12. The number of rotatable bonds is 2. The summed E-state index contributed by atoms with van der Waals surface area (Å²) in [5.74, 6) is 0.912. The molecule has 0 unspecified atom stereocenters. The number of hydrogen-bond donors (Lipinski definition) is 2. The van der Waals surface area contributed by atoms with Crippen LogP contribution >= 0.6 is 0 Å². The molecule has 2 N–H and O–H groups in total. The standard InChI is InChI=1S/C18H13N7O/c1-10-4-2-3-5-12(10)17-20-18-19-14(9-16(26)25(18)23-17)11-6-7-13-15(8-11)22-24-21-13/h2-9H,1H3,(H,19,20,23)(H,21,22,24). The van der Waals surface area contributed by atoms with Crippen molar-refractivity contribution >= 4 is 16.8 Å². The van der Waals surface area contributed by atoms with E-state index in [0.29, 0.717) is 17.3 Å². The average molecular weight is 343 g/mol. The van der Waals surface area contributed by atoms with E-state index in [9.17, 15) is 4.79 Å². The Morgan fingerprint density at radius 1 is 1.08 bits per heavy atom. The first-order valence-electron chi connectivity index (χ1n) is 8.06. The van der Waals surface area contributed by atoms with Crippen molar-refractivity contribution in [1.29, 1.82) is 0 Å². The van der Waals surface area contributed by atoms with Crippen LogP contribution in [-0.4, -0.2) is 35.0 Å². The number of benzene rings is 2. The van der Waals surface area contributed by atoms with E-state index in [2.05, 4.69) is 30.5 Å². The average Bonchev–Trinajstić information content (AvgIpc) is 3.28. The lowest BCUT2D eigenvalue weighted by atomic mass is 10.1. The summed E-state index contributed by atoms with van der Waals surface area (Å²) < 4.78 is 1.28. The number of nitrogens with one attached hydrogen (secondary N) is 2. The molecule has 0 aliphatic rings. The molecule has 2 aromatic carbocycles. The second-order valence-corrected chi connectivity index (χ2v) is 6.05. The molecular formula is C18H13N7O. The Morgan fingerprint density at radius 3 is 2.85 bits per heavy atom. The summed E-state index contributed by atoms with van der Waals surface area (Å²) in [7, 11) is 0. The van der Waals surface area contributed by atoms with Gasteiger partial charge in [0.1, 0.15) is 5.52 Å². The fraction of sp³-hybridized carbons (Fsp3) is 0.0556. The smallest absolute Gasteiger partial charge is 0.276 e. The Morgan fingerprint density at radius 2 is 1.96 bits per heavy atom. The molecule has 3 heterocycles. The van der Waals surface area contributed by atoms with Crippen molar-refractivity contribution in [2.75, 3.05) is 0 Å². The van der Waals surface area contributed by atoms with E-state index < -0.39 is 0 Å². The van der Waals surface area contributed by atoms with Crippen molar-refractivity contribution in [3.8, 4) is 22.6 Å². The quantitative estimate of drug-likeness (QED) is 0.512. The fourth-order valence-corrected chi connectivity index (χ4v) is 2.99. The van der Waals surface area contributed by atoms with Crippen LogP contribution in [0, 0.1) is 6.92 Å². The van der Waals surface area contributed by atoms with Crippen molar-refractivity contribution < 1.29 is 0 Å². The fourth-order valence-electron chi connectivity index (χ4n) is 2.99. The minimum absolute atomic E-state index is 0.246. The van der Waals surface area contributed by atoms with Crippen molar-refractivity contribution in [2.24, 2.45) is 0 Å². The van der Waals surface area contributed by atoms with E-state index in [1.165, 1.54) is 10.6 Å². The van der Waals surface area contributed by atoms with Crippen molar-refractivity contribution in [3.63, 3.8) is 0 Å². The summed E-state index contributed by atoms with van der Waals surface area (Å²) in [5.41, 5.74) is 4.76. The molecule has 126 valence electrons. The normalized spacial score (nSPS) is 11.4. The molecule has 3 aromatic heterocycles. The molecule has 8 heteroatoms. The van der Waals surface area contributed by atoms with Crippen LogP contribution in [0.4, 0.5) is 0 Å². The maximum atomic E-state index is 12.5. The van der Waals surface area contributed by atoms with Gasteiger partial charge in [0.15, 0.2) is 5.82 Å². The number of aromatic nitrogens is 7. The summed E-state index contributed by atoms with van der Waals surface area (Å²) in [5, 5.41) is 14.9. The van der Waals surface area contributed by atoms with Gasteiger partial charge >= 0.3 is 0 Å². The van der Waals surface area contributed by atoms with Crippen LogP contribution < -0.4 is 5.56 Å². The van der Waals surface area contributed by atoms with E-state index >= 15 is 0 Å². The van der Waals surface area contributed by atoms with E-state index in [4.69, 9.17) is 0 Å². The molecule has 0 bridgehead atoms. The first kappa shape index (κ1) is 14.5. The third-order valence-corrected chi connectivity index (χ3v) is 4.35.